The second-order valence-corrected chi connectivity index (χ2v) is 6.93. The first-order chi connectivity index (χ1) is 13.6. The number of thiocarbonyl (C=S) groups is 1. The summed E-state index contributed by atoms with van der Waals surface area (Å²) in [4.78, 5) is 28.3. The summed E-state index contributed by atoms with van der Waals surface area (Å²) >= 11 is 5.23. The van der Waals surface area contributed by atoms with E-state index in [1.807, 2.05) is 59.5 Å². The molecule has 1 fully saturated rings. The Labute approximate surface area is 170 Å². The van der Waals surface area contributed by atoms with Crippen LogP contribution in [0.4, 0.5) is 11.4 Å². The predicted molar refractivity (Wildman–Crippen MR) is 116 cm³/mol. The lowest BCUT2D eigenvalue weighted by Crippen LogP contribution is -2.49. The zero-order chi connectivity index (χ0) is 19.9. The van der Waals surface area contributed by atoms with Crippen LogP contribution in [0.15, 0.2) is 54.6 Å². The molecule has 1 saturated heterocycles. The topological polar surface area (TPSA) is 64.7 Å². The van der Waals surface area contributed by atoms with Gasteiger partial charge in [0.15, 0.2) is 5.11 Å². The fraction of sp³-hybridized carbons (Fsp3) is 0.286. The summed E-state index contributed by atoms with van der Waals surface area (Å²) in [5.74, 6) is -0.0573. The van der Waals surface area contributed by atoms with Gasteiger partial charge in [-0.2, -0.15) is 0 Å². The predicted octanol–water partition coefficient (Wildman–Crippen LogP) is 2.87. The molecule has 0 radical (unpaired) electrons. The molecule has 2 aromatic rings. The Hall–Kier alpha value is -2.93. The van der Waals surface area contributed by atoms with E-state index in [2.05, 4.69) is 15.5 Å². The van der Waals surface area contributed by atoms with Crippen molar-refractivity contribution in [1.29, 1.82) is 0 Å². The van der Waals surface area contributed by atoms with E-state index >= 15 is 0 Å². The maximum atomic E-state index is 12.6. The van der Waals surface area contributed by atoms with Crippen LogP contribution in [0.1, 0.15) is 23.7 Å². The standard InChI is InChI=1S/C21H24N4O2S/c1-2-19(26)23-21(28)22-17-10-6-7-11-18(17)24-12-14-25(15-13-24)20(27)16-8-4-3-5-9-16/h3-11H,2,12-15H2,1H3,(H2,22,23,26,28). The van der Waals surface area contributed by atoms with Crippen LogP contribution in [0.3, 0.4) is 0 Å². The average molecular weight is 397 g/mol. The Balaban J connectivity index is 1.64. The maximum absolute atomic E-state index is 12.6. The molecule has 0 saturated carbocycles. The van der Waals surface area contributed by atoms with Gasteiger partial charge in [-0.3, -0.25) is 9.59 Å². The van der Waals surface area contributed by atoms with E-state index in [4.69, 9.17) is 12.2 Å². The first-order valence-corrected chi connectivity index (χ1v) is 9.78. The Morgan fingerprint density at radius 3 is 2.29 bits per heavy atom. The highest BCUT2D eigenvalue weighted by Crippen LogP contribution is 2.27. The molecule has 0 atom stereocenters. The number of para-hydroxylation sites is 2. The van der Waals surface area contributed by atoms with Crippen molar-refractivity contribution in [3.8, 4) is 0 Å². The Morgan fingerprint density at radius 1 is 0.964 bits per heavy atom. The van der Waals surface area contributed by atoms with Crippen LogP contribution in [0.2, 0.25) is 0 Å². The van der Waals surface area contributed by atoms with Gasteiger partial charge in [0.2, 0.25) is 5.91 Å². The maximum Gasteiger partial charge on any atom is 0.253 e. The summed E-state index contributed by atoms with van der Waals surface area (Å²) in [6, 6.07) is 17.2. The quantitative estimate of drug-likeness (QED) is 0.778. The van der Waals surface area contributed by atoms with Crippen molar-refractivity contribution in [3.63, 3.8) is 0 Å². The van der Waals surface area contributed by atoms with Crippen LogP contribution in [-0.2, 0) is 4.79 Å². The normalized spacial score (nSPS) is 13.8. The molecule has 2 amide bonds. The summed E-state index contributed by atoms with van der Waals surface area (Å²) in [6.45, 7) is 4.54. The summed E-state index contributed by atoms with van der Waals surface area (Å²) in [6.07, 6.45) is 0.376. The van der Waals surface area contributed by atoms with Gasteiger partial charge in [-0.1, -0.05) is 37.3 Å². The minimum absolute atomic E-state index is 0.0649. The molecular weight excluding hydrogens is 372 g/mol. The second kappa shape index (κ2) is 9.32. The zero-order valence-corrected chi connectivity index (χ0v) is 16.7. The van der Waals surface area contributed by atoms with Gasteiger partial charge >= 0.3 is 0 Å². The molecule has 146 valence electrons. The van der Waals surface area contributed by atoms with Gasteiger partial charge in [-0.15, -0.1) is 0 Å². The van der Waals surface area contributed by atoms with Crippen molar-refractivity contribution in [2.45, 2.75) is 13.3 Å². The molecule has 28 heavy (non-hydrogen) atoms. The van der Waals surface area contributed by atoms with Gasteiger partial charge in [0.25, 0.3) is 5.91 Å². The number of hydrogen-bond donors (Lipinski definition) is 2. The highest BCUT2D eigenvalue weighted by molar-refractivity contribution is 7.80. The number of piperazine rings is 1. The molecule has 1 aliphatic heterocycles. The second-order valence-electron chi connectivity index (χ2n) is 6.52. The minimum atomic E-state index is -0.122. The minimum Gasteiger partial charge on any atom is -0.366 e. The van der Waals surface area contributed by atoms with Crippen molar-refractivity contribution in [1.82, 2.24) is 10.2 Å². The number of nitrogens with zero attached hydrogens (tertiary/aromatic N) is 2. The van der Waals surface area contributed by atoms with E-state index < -0.39 is 0 Å². The van der Waals surface area contributed by atoms with Crippen LogP contribution >= 0.6 is 12.2 Å². The van der Waals surface area contributed by atoms with Gasteiger partial charge in [0.1, 0.15) is 0 Å². The van der Waals surface area contributed by atoms with E-state index in [-0.39, 0.29) is 16.9 Å². The fourth-order valence-corrected chi connectivity index (χ4v) is 3.36. The monoisotopic (exact) mass is 396 g/mol. The summed E-state index contributed by atoms with van der Waals surface area (Å²) in [7, 11) is 0. The number of benzene rings is 2. The number of amides is 2. The lowest BCUT2D eigenvalue weighted by Gasteiger charge is -2.37. The van der Waals surface area contributed by atoms with E-state index in [0.29, 0.717) is 19.5 Å². The molecule has 3 rings (SSSR count). The van der Waals surface area contributed by atoms with Crippen molar-refractivity contribution in [3.05, 3.63) is 60.2 Å². The zero-order valence-electron chi connectivity index (χ0n) is 15.9. The summed E-state index contributed by atoms with van der Waals surface area (Å²) in [5, 5.41) is 6.06. The first-order valence-electron chi connectivity index (χ1n) is 9.37. The van der Waals surface area contributed by atoms with Crippen LogP contribution in [0, 0.1) is 0 Å². The van der Waals surface area contributed by atoms with Gasteiger partial charge in [0.05, 0.1) is 11.4 Å². The molecule has 6 nitrogen and oxygen atoms in total. The van der Waals surface area contributed by atoms with Gasteiger partial charge in [-0.25, -0.2) is 0 Å². The molecule has 0 bridgehead atoms. The first kappa shape index (κ1) is 19.8. The molecule has 7 heteroatoms. The largest absolute Gasteiger partial charge is 0.366 e. The molecule has 0 aliphatic carbocycles. The number of carbonyl (C=O) groups is 2. The van der Waals surface area contributed by atoms with Crippen molar-refractivity contribution in [2.75, 3.05) is 36.4 Å². The molecule has 2 aromatic carbocycles. The molecule has 0 aromatic heterocycles. The van der Waals surface area contributed by atoms with Crippen LogP contribution in [-0.4, -0.2) is 48.0 Å². The van der Waals surface area contributed by atoms with E-state index in [1.165, 1.54) is 0 Å². The number of anilines is 2. The lowest BCUT2D eigenvalue weighted by molar-refractivity contribution is -0.119. The molecule has 0 spiro atoms. The highest BCUT2D eigenvalue weighted by Gasteiger charge is 2.23. The van der Waals surface area contributed by atoms with E-state index in [0.717, 1.165) is 30.0 Å². The number of nitrogens with one attached hydrogen (secondary N) is 2. The van der Waals surface area contributed by atoms with Crippen molar-refractivity contribution < 1.29 is 9.59 Å². The van der Waals surface area contributed by atoms with Crippen LogP contribution in [0.5, 0.6) is 0 Å². The lowest BCUT2D eigenvalue weighted by atomic mass is 10.1. The molecule has 0 unspecified atom stereocenters. The SMILES string of the molecule is CCC(=O)NC(=S)Nc1ccccc1N1CCN(C(=O)c2ccccc2)CC1. The van der Waals surface area contributed by atoms with Gasteiger partial charge < -0.3 is 20.4 Å². The number of hydrogen-bond acceptors (Lipinski definition) is 4. The van der Waals surface area contributed by atoms with Crippen molar-refractivity contribution in [2.24, 2.45) is 0 Å². The third-order valence-corrected chi connectivity index (χ3v) is 4.86. The van der Waals surface area contributed by atoms with Crippen molar-refractivity contribution >= 4 is 40.5 Å². The Morgan fingerprint density at radius 2 is 1.61 bits per heavy atom. The third kappa shape index (κ3) is 4.86. The molecule has 1 heterocycles. The van der Waals surface area contributed by atoms with E-state index in [9.17, 15) is 9.59 Å². The van der Waals surface area contributed by atoms with E-state index in [1.54, 1.807) is 6.92 Å². The molecule has 2 N–H and O–H groups in total. The molecule has 1 aliphatic rings. The van der Waals surface area contributed by atoms with Crippen LogP contribution < -0.4 is 15.5 Å². The number of carbonyl (C=O) groups excluding carboxylic acids is 2. The molecular formula is C21H24N4O2S. The highest BCUT2D eigenvalue weighted by atomic mass is 32.1. The van der Waals surface area contributed by atoms with Gasteiger partial charge in [-0.05, 0) is 36.5 Å². The summed E-state index contributed by atoms with van der Waals surface area (Å²) < 4.78 is 0. The summed E-state index contributed by atoms with van der Waals surface area (Å²) in [5.41, 5.74) is 2.56. The van der Waals surface area contributed by atoms with Gasteiger partial charge in [0, 0.05) is 38.2 Å². The Bertz CT molecular complexity index is 848. The average Bonchev–Trinajstić information content (AvgIpc) is 2.74. The number of rotatable bonds is 4. The fourth-order valence-electron chi connectivity index (χ4n) is 3.14. The van der Waals surface area contributed by atoms with Crippen LogP contribution in [0.25, 0.3) is 0 Å². The Kier molecular flexibility index (Phi) is 6.60. The third-order valence-electron chi connectivity index (χ3n) is 4.65. The smallest absolute Gasteiger partial charge is 0.253 e.